The molecule has 2 atom stereocenters. The van der Waals surface area contributed by atoms with Gasteiger partial charge in [0.15, 0.2) is 11.5 Å². The summed E-state index contributed by atoms with van der Waals surface area (Å²) in [4.78, 5) is 42.2. The Morgan fingerprint density at radius 3 is 2.54 bits per heavy atom. The van der Waals surface area contributed by atoms with Gasteiger partial charge in [0.1, 0.15) is 11.6 Å². The summed E-state index contributed by atoms with van der Waals surface area (Å²) in [5, 5.41) is 13.4. The Hall–Kier alpha value is -4.07. The maximum absolute atomic E-state index is 13.5. The molecule has 1 aromatic heterocycles. The number of allylic oxidation sites excluding steroid dienone is 2. The lowest BCUT2D eigenvalue weighted by Gasteiger charge is -2.41. The molecule has 2 aromatic carbocycles. The molecule has 0 radical (unpaired) electrons. The lowest BCUT2D eigenvalue weighted by atomic mass is 9.67. The molecule has 2 unspecified atom stereocenters. The predicted molar refractivity (Wildman–Crippen MR) is 132 cm³/mol. The van der Waals surface area contributed by atoms with E-state index in [9.17, 15) is 19.5 Å². The number of nitrogens with one attached hydrogen (secondary N) is 2. The van der Waals surface area contributed by atoms with Crippen LogP contribution in [-0.4, -0.2) is 27.6 Å². The highest BCUT2D eigenvalue weighted by molar-refractivity contribution is 5.90. The van der Waals surface area contributed by atoms with Crippen LogP contribution in [0.4, 0.5) is 5.82 Å². The molecule has 8 heteroatoms. The second-order valence-corrected chi connectivity index (χ2v) is 9.84. The molecule has 2 aliphatic rings. The number of carbonyl (C=O) groups excluding carboxylic acids is 1. The number of Topliss-reactive ketones (excluding diaryl/α,β-unsaturated/α-hetero) is 1. The summed E-state index contributed by atoms with van der Waals surface area (Å²) >= 11 is 0. The number of carbonyl (C=O) groups is 1. The van der Waals surface area contributed by atoms with Crippen molar-refractivity contribution in [3.8, 4) is 11.5 Å². The minimum absolute atomic E-state index is 0.00269. The van der Waals surface area contributed by atoms with Gasteiger partial charge in [-0.05, 0) is 28.7 Å². The summed E-state index contributed by atoms with van der Waals surface area (Å²) in [6.45, 7) is 4.21. The number of nitrogens with zero attached hydrogens (tertiary/aromatic N) is 1. The highest BCUT2D eigenvalue weighted by Gasteiger charge is 2.46. The van der Waals surface area contributed by atoms with Crippen molar-refractivity contribution in [2.45, 2.75) is 32.7 Å². The lowest BCUT2D eigenvalue weighted by molar-refractivity contribution is -0.124. The Balaban J connectivity index is 1.79. The van der Waals surface area contributed by atoms with Crippen LogP contribution in [-0.2, 0) is 11.3 Å². The van der Waals surface area contributed by atoms with Crippen LogP contribution in [0.1, 0.15) is 42.9 Å². The van der Waals surface area contributed by atoms with E-state index in [-0.39, 0.29) is 29.2 Å². The van der Waals surface area contributed by atoms with E-state index in [1.54, 1.807) is 12.1 Å². The zero-order chi connectivity index (χ0) is 24.9. The fraction of sp³-hybridized carbons (Fsp3) is 0.296. The van der Waals surface area contributed by atoms with Gasteiger partial charge in [-0.1, -0.05) is 56.3 Å². The number of fused-ring (bicyclic) bond motifs is 2. The van der Waals surface area contributed by atoms with Crippen molar-refractivity contribution in [1.29, 1.82) is 0 Å². The first-order valence-corrected chi connectivity index (χ1v) is 11.5. The second kappa shape index (κ2) is 8.30. The number of phenolic OH excluding ortho intramolecular Hbond substituents is 1. The minimum atomic E-state index is -0.665. The van der Waals surface area contributed by atoms with E-state index in [4.69, 9.17) is 4.74 Å². The Morgan fingerprint density at radius 2 is 1.83 bits per heavy atom. The Labute approximate surface area is 201 Å². The molecule has 2 heterocycles. The number of ketones is 1. The van der Waals surface area contributed by atoms with Crippen molar-refractivity contribution < 1.29 is 14.6 Å². The number of aromatic hydroxyl groups is 1. The standard InChI is InChI=1S/C27H27N3O5/c1-27(2)12-17-22(19(32)13-27)21(16-9-10-18(31)20(11-16)35-3)23-24(28-17)30(26(34)29-25(23)33)14-15-7-5-4-6-8-15/h4-12,21-22,28,31H,13-14H2,1-3H3,(H,29,33,34). The highest BCUT2D eigenvalue weighted by Crippen LogP contribution is 2.48. The number of methoxy groups -OCH3 is 1. The van der Waals surface area contributed by atoms with Crippen LogP contribution in [0.3, 0.4) is 0 Å². The molecule has 3 aromatic rings. The van der Waals surface area contributed by atoms with Crippen molar-refractivity contribution >= 4 is 11.6 Å². The first-order chi connectivity index (χ1) is 16.7. The molecular formula is C27H27N3O5. The molecule has 3 N–H and O–H groups in total. The summed E-state index contributed by atoms with van der Waals surface area (Å²) in [6, 6.07) is 14.3. The number of benzene rings is 2. The smallest absolute Gasteiger partial charge is 0.330 e. The maximum Gasteiger partial charge on any atom is 0.330 e. The van der Waals surface area contributed by atoms with Crippen LogP contribution < -0.4 is 21.3 Å². The van der Waals surface area contributed by atoms with Gasteiger partial charge in [0, 0.05) is 18.0 Å². The Kier molecular flexibility index (Phi) is 5.39. The highest BCUT2D eigenvalue weighted by atomic mass is 16.5. The van der Waals surface area contributed by atoms with Crippen LogP contribution in [0, 0.1) is 11.3 Å². The summed E-state index contributed by atoms with van der Waals surface area (Å²) in [7, 11) is 1.44. The fourth-order valence-electron chi connectivity index (χ4n) is 5.25. The van der Waals surface area contributed by atoms with Gasteiger partial charge in [0.05, 0.1) is 25.1 Å². The number of hydrogen-bond acceptors (Lipinski definition) is 6. The molecule has 8 nitrogen and oxygen atoms in total. The topological polar surface area (TPSA) is 113 Å². The zero-order valence-corrected chi connectivity index (χ0v) is 19.8. The van der Waals surface area contributed by atoms with Gasteiger partial charge in [0.2, 0.25) is 0 Å². The molecule has 0 fully saturated rings. The van der Waals surface area contributed by atoms with E-state index >= 15 is 0 Å². The van der Waals surface area contributed by atoms with E-state index in [1.165, 1.54) is 17.7 Å². The maximum atomic E-state index is 13.5. The monoisotopic (exact) mass is 473 g/mol. The van der Waals surface area contributed by atoms with Crippen molar-refractivity contribution in [2.75, 3.05) is 12.4 Å². The van der Waals surface area contributed by atoms with Gasteiger partial charge in [-0.25, -0.2) is 4.79 Å². The van der Waals surface area contributed by atoms with Crippen molar-refractivity contribution in [3.63, 3.8) is 0 Å². The number of aromatic amines is 1. The molecule has 180 valence electrons. The third-order valence-corrected chi connectivity index (χ3v) is 6.75. The van der Waals surface area contributed by atoms with Gasteiger partial charge in [-0.3, -0.25) is 19.1 Å². The van der Waals surface area contributed by atoms with Crippen LogP contribution in [0.25, 0.3) is 0 Å². The molecular weight excluding hydrogens is 446 g/mol. The number of aromatic nitrogens is 2. The summed E-state index contributed by atoms with van der Waals surface area (Å²) in [5.74, 6) is -0.725. The van der Waals surface area contributed by atoms with E-state index in [0.29, 0.717) is 29.1 Å². The third-order valence-electron chi connectivity index (χ3n) is 6.75. The number of H-pyrrole nitrogens is 1. The van der Waals surface area contributed by atoms with Gasteiger partial charge < -0.3 is 15.2 Å². The summed E-state index contributed by atoms with van der Waals surface area (Å²) < 4.78 is 6.81. The zero-order valence-electron chi connectivity index (χ0n) is 19.8. The number of hydrogen-bond donors (Lipinski definition) is 3. The molecule has 5 rings (SSSR count). The number of anilines is 1. The first-order valence-electron chi connectivity index (χ1n) is 11.5. The Bertz CT molecular complexity index is 1470. The first kappa shape index (κ1) is 22.7. The number of rotatable bonds is 4. The van der Waals surface area contributed by atoms with E-state index in [1.807, 2.05) is 50.3 Å². The Morgan fingerprint density at radius 1 is 1.09 bits per heavy atom. The summed E-state index contributed by atoms with van der Waals surface area (Å²) in [6.07, 6.45) is 2.34. The lowest BCUT2D eigenvalue weighted by Crippen LogP contribution is -2.45. The molecule has 1 aliphatic heterocycles. The average Bonchev–Trinajstić information content (AvgIpc) is 2.80. The van der Waals surface area contributed by atoms with E-state index in [2.05, 4.69) is 10.3 Å². The molecule has 0 bridgehead atoms. The predicted octanol–water partition coefficient (Wildman–Crippen LogP) is 3.36. The molecule has 1 aliphatic carbocycles. The number of ether oxygens (including phenoxy) is 1. The SMILES string of the molecule is COc1cc(C2c3c(n(Cc4ccccc4)c(=O)[nH]c3=O)NC3=CC(C)(C)CC(=O)C32)ccc1O. The molecule has 0 amide bonds. The van der Waals surface area contributed by atoms with E-state index in [0.717, 1.165) is 5.56 Å². The molecule has 0 saturated heterocycles. The van der Waals surface area contributed by atoms with Crippen LogP contribution >= 0.6 is 0 Å². The van der Waals surface area contributed by atoms with E-state index < -0.39 is 23.1 Å². The normalized spacial score (nSPS) is 20.3. The average molecular weight is 474 g/mol. The molecule has 0 saturated carbocycles. The fourth-order valence-corrected chi connectivity index (χ4v) is 5.25. The van der Waals surface area contributed by atoms with Crippen molar-refractivity contribution in [2.24, 2.45) is 11.3 Å². The van der Waals surface area contributed by atoms with Crippen LogP contribution in [0.2, 0.25) is 0 Å². The second-order valence-electron chi connectivity index (χ2n) is 9.84. The van der Waals surface area contributed by atoms with Crippen molar-refractivity contribution in [3.05, 3.63) is 97.8 Å². The minimum Gasteiger partial charge on any atom is -0.504 e. The van der Waals surface area contributed by atoms with Crippen molar-refractivity contribution in [1.82, 2.24) is 9.55 Å². The molecule has 0 spiro atoms. The quantitative estimate of drug-likeness (QED) is 0.536. The molecule has 35 heavy (non-hydrogen) atoms. The summed E-state index contributed by atoms with van der Waals surface area (Å²) in [5.41, 5.74) is 1.05. The largest absolute Gasteiger partial charge is 0.504 e. The third kappa shape index (κ3) is 3.95. The van der Waals surface area contributed by atoms with Gasteiger partial charge >= 0.3 is 5.69 Å². The van der Waals surface area contributed by atoms with Gasteiger partial charge in [-0.2, -0.15) is 0 Å². The van der Waals surface area contributed by atoms with Gasteiger partial charge in [-0.15, -0.1) is 0 Å². The van der Waals surface area contributed by atoms with Crippen LogP contribution in [0.15, 0.2) is 69.9 Å². The number of phenols is 1. The van der Waals surface area contributed by atoms with Gasteiger partial charge in [0.25, 0.3) is 5.56 Å². The van der Waals surface area contributed by atoms with Crippen LogP contribution in [0.5, 0.6) is 11.5 Å².